The van der Waals surface area contributed by atoms with Gasteiger partial charge in [-0.05, 0) is 24.3 Å². The van der Waals surface area contributed by atoms with E-state index in [-0.39, 0.29) is 5.91 Å². The molecule has 3 rings (SSSR count). The summed E-state index contributed by atoms with van der Waals surface area (Å²) < 4.78 is 11.9. The van der Waals surface area contributed by atoms with Gasteiger partial charge in [0.1, 0.15) is 0 Å². The second kappa shape index (κ2) is 7.94. The fraction of sp³-hybridized carbons (Fsp3) is 0.400. The number of aromatic nitrogens is 2. The van der Waals surface area contributed by atoms with Crippen LogP contribution in [0.2, 0.25) is 0 Å². The normalized spacial score (nSPS) is 14.9. The Labute approximate surface area is 146 Å². The zero-order valence-corrected chi connectivity index (χ0v) is 14.8. The average Bonchev–Trinajstić information content (AvgIpc) is 3.05. The lowest BCUT2D eigenvalue weighted by Gasteiger charge is -2.26. The summed E-state index contributed by atoms with van der Waals surface area (Å²) in [5.74, 6) is 1.26. The SMILES string of the molecule is O=C(CCSc1nnc(-c2ccc(Br)cc2)o1)N1CCOCC1. The molecule has 0 bridgehead atoms. The summed E-state index contributed by atoms with van der Waals surface area (Å²) in [5.41, 5.74) is 0.872. The molecule has 0 aliphatic carbocycles. The largest absolute Gasteiger partial charge is 0.411 e. The number of hydrogen-bond donors (Lipinski definition) is 0. The Morgan fingerprint density at radius 2 is 1.96 bits per heavy atom. The van der Waals surface area contributed by atoms with E-state index in [1.54, 1.807) is 0 Å². The number of nitrogens with zero attached hydrogens (tertiary/aromatic N) is 3. The van der Waals surface area contributed by atoms with Crippen LogP contribution in [0.5, 0.6) is 0 Å². The van der Waals surface area contributed by atoms with Gasteiger partial charge in [0.15, 0.2) is 0 Å². The van der Waals surface area contributed by atoms with E-state index in [4.69, 9.17) is 9.15 Å². The zero-order valence-electron chi connectivity index (χ0n) is 12.4. The van der Waals surface area contributed by atoms with Crippen molar-refractivity contribution in [2.75, 3.05) is 32.1 Å². The Kier molecular flexibility index (Phi) is 5.69. The highest BCUT2D eigenvalue weighted by Gasteiger charge is 2.17. The van der Waals surface area contributed by atoms with E-state index in [9.17, 15) is 4.79 Å². The van der Waals surface area contributed by atoms with E-state index in [2.05, 4.69) is 26.1 Å². The van der Waals surface area contributed by atoms with Gasteiger partial charge in [0.2, 0.25) is 11.8 Å². The van der Waals surface area contributed by atoms with Gasteiger partial charge < -0.3 is 14.1 Å². The zero-order chi connectivity index (χ0) is 16.1. The van der Waals surface area contributed by atoms with Gasteiger partial charge in [-0.2, -0.15) is 0 Å². The summed E-state index contributed by atoms with van der Waals surface area (Å²) in [6, 6.07) is 7.67. The number of benzene rings is 1. The Hall–Kier alpha value is -1.38. The highest BCUT2D eigenvalue weighted by Crippen LogP contribution is 2.24. The van der Waals surface area contributed by atoms with Crippen LogP contribution in [0.1, 0.15) is 6.42 Å². The van der Waals surface area contributed by atoms with Crippen molar-refractivity contribution in [1.29, 1.82) is 0 Å². The lowest BCUT2D eigenvalue weighted by molar-refractivity contribution is -0.134. The Balaban J connectivity index is 1.49. The van der Waals surface area contributed by atoms with Crippen LogP contribution in [0.25, 0.3) is 11.5 Å². The first-order valence-electron chi connectivity index (χ1n) is 7.30. The van der Waals surface area contributed by atoms with E-state index in [0.717, 1.165) is 10.0 Å². The minimum atomic E-state index is 0.147. The van der Waals surface area contributed by atoms with Crippen LogP contribution in [-0.2, 0) is 9.53 Å². The second-order valence-electron chi connectivity index (χ2n) is 4.97. The lowest BCUT2D eigenvalue weighted by Crippen LogP contribution is -2.40. The van der Waals surface area contributed by atoms with Crippen molar-refractivity contribution in [2.24, 2.45) is 0 Å². The third kappa shape index (κ3) is 4.55. The molecule has 0 saturated carbocycles. The quantitative estimate of drug-likeness (QED) is 0.722. The molecule has 2 aromatic rings. The Bertz CT molecular complexity index is 656. The minimum absolute atomic E-state index is 0.147. The first-order chi connectivity index (χ1) is 11.2. The summed E-state index contributed by atoms with van der Waals surface area (Å²) >= 11 is 4.79. The smallest absolute Gasteiger partial charge is 0.276 e. The number of ether oxygens (including phenoxy) is 1. The van der Waals surface area contributed by atoms with Gasteiger partial charge in [0.05, 0.1) is 13.2 Å². The van der Waals surface area contributed by atoms with Gasteiger partial charge >= 0.3 is 0 Å². The van der Waals surface area contributed by atoms with Crippen LogP contribution in [-0.4, -0.2) is 53.1 Å². The molecular weight excluding hydrogens is 382 g/mol. The molecule has 122 valence electrons. The third-order valence-electron chi connectivity index (χ3n) is 3.40. The molecule has 1 aliphatic rings. The third-order valence-corrected chi connectivity index (χ3v) is 4.75. The van der Waals surface area contributed by atoms with E-state index < -0.39 is 0 Å². The van der Waals surface area contributed by atoms with Crippen LogP contribution in [0, 0.1) is 0 Å². The van der Waals surface area contributed by atoms with E-state index in [1.165, 1.54) is 11.8 Å². The first kappa shape index (κ1) is 16.5. The van der Waals surface area contributed by atoms with Gasteiger partial charge in [-0.3, -0.25) is 4.79 Å². The fourth-order valence-electron chi connectivity index (χ4n) is 2.17. The van der Waals surface area contributed by atoms with E-state index in [0.29, 0.717) is 49.6 Å². The van der Waals surface area contributed by atoms with Crippen molar-refractivity contribution in [3.05, 3.63) is 28.7 Å². The molecule has 0 spiro atoms. The van der Waals surface area contributed by atoms with Gasteiger partial charge in [0, 0.05) is 35.3 Å². The van der Waals surface area contributed by atoms with Crippen molar-refractivity contribution >= 4 is 33.6 Å². The average molecular weight is 398 g/mol. The highest BCUT2D eigenvalue weighted by molar-refractivity contribution is 9.10. The van der Waals surface area contributed by atoms with Gasteiger partial charge in [-0.1, -0.05) is 27.7 Å². The van der Waals surface area contributed by atoms with Crippen molar-refractivity contribution in [2.45, 2.75) is 11.6 Å². The molecular formula is C15H16BrN3O3S. The fourth-order valence-corrected chi connectivity index (χ4v) is 3.13. The number of halogens is 1. The molecule has 8 heteroatoms. The molecule has 1 aromatic heterocycles. The van der Waals surface area contributed by atoms with Gasteiger partial charge in [-0.15, -0.1) is 10.2 Å². The maximum absolute atomic E-state index is 12.0. The number of carbonyl (C=O) groups excluding carboxylic acids is 1. The van der Waals surface area contributed by atoms with E-state index in [1.807, 2.05) is 29.2 Å². The van der Waals surface area contributed by atoms with Gasteiger partial charge in [0.25, 0.3) is 5.22 Å². The number of hydrogen-bond acceptors (Lipinski definition) is 6. The first-order valence-corrected chi connectivity index (χ1v) is 9.08. The molecule has 0 N–H and O–H groups in total. The monoisotopic (exact) mass is 397 g/mol. The number of morpholine rings is 1. The van der Waals surface area contributed by atoms with Crippen LogP contribution in [0.15, 0.2) is 38.4 Å². The van der Waals surface area contributed by atoms with Crippen LogP contribution in [0.3, 0.4) is 0 Å². The summed E-state index contributed by atoms with van der Waals surface area (Å²) in [4.78, 5) is 13.9. The van der Waals surface area contributed by atoms with Crippen molar-refractivity contribution in [1.82, 2.24) is 15.1 Å². The molecule has 0 radical (unpaired) electrons. The van der Waals surface area contributed by atoms with E-state index >= 15 is 0 Å². The van der Waals surface area contributed by atoms with Crippen molar-refractivity contribution < 1.29 is 13.9 Å². The van der Waals surface area contributed by atoms with Crippen LogP contribution in [0.4, 0.5) is 0 Å². The minimum Gasteiger partial charge on any atom is -0.411 e. The summed E-state index contributed by atoms with van der Waals surface area (Å²) in [6.07, 6.45) is 0.459. The maximum Gasteiger partial charge on any atom is 0.276 e. The molecule has 1 aliphatic heterocycles. The molecule has 2 heterocycles. The lowest BCUT2D eigenvalue weighted by atomic mass is 10.2. The summed E-state index contributed by atoms with van der Waals surface area (Å²) in [5, 5.41) is 8.54. The molecule has 0 unspecified atom stereocenters. The maximum atomic E-state index is 12.0. The second-order valence-corrected chi connectivity index (χ2v) is 6.93. The molecule has 6 nitrogen and oxygen atoms in total. The van der Waals surface area contributed by atoms with Crippen LogP contribution < -0.4 is 0 Å². The molecule has 1 fully saturated rings. The predicted molar refractivity (Wildman–Crippen MR) is 90.2 cm³/mol. The molecule has 1 aromatic carbocycles. The predicted octanol–water partition coefficient (Wildman–Crippen LogP) is 2.84. The van der Waals surface area contributed by atoms with Crippen LogP contribution >= 0.6 is 27.7 Å². The molecule has 23 heavy (non-hydrogen) atoms. The number of carbonyl (C=O) groups is 1. The number of amides is 1. The molecule has 0 atom stereocenters. The van der Waals surface area contributed by atoms with Crippen molar-refractivity contribution in [3.8, 4) is 11.5 Å². The molecule has 1 saturated heterocycles. The van der Waals surface area contributed by atoms with Gasteiger partial charge in [-0.25, -0.2) is 0 Å². The van der Waals surface area contributed by atoms with Crippen molar-refractivity contribution in [3.63, 3.8) is 0 Å². The topological polar surface area (TPSA) is 68.5 Å². The number of rotatable bonds is 5. The Morgan fingerprint density at radius 3 is 2.70 bits per heavy atom. The molecule has 1 amide bonds. The standard InChI is InChI=1S/C15H16BrN3O3S/c16-12-3-1-11(2-4-12)14-17-18-15(22-14)23-10-5-13(20)19-6-8-21-9-7-19/h1-4H,5-10H2. The highest BCUT2D eigenvalue weighted by atomic mass is 79.9. The Morgan fingerprint density at radius 1 is 1.22 bits per heavy atom. The number of thioether (sulfide) groups is 1. The summed E-state index contributed by atoms with van der Waals surface area (Å²) in [6.45, 7) is 2.60. The summed E-state index contributed by atoms with van der Waals surface area (Å²) in [7, 11) is 0.